The molecule has 0 aromatic carbocycles. The minimum absolute atomic E-state index is 0.0889. The fourth-order valence-electron chi connectivity index (χ4n) is 1.62. The molecular weight excluding hydrogens is 252 g/mol. The van der Waals surface area contributed by atoms with Gasteiger partial charge in [-0.3, -0.25) is 9.59 Å². The van der Waals surface area contributed by atoms with E-state index in [2.05, 4.69) is 10.3 Å². The van der Waals surface area contributed by atoms with E-state index in [0.29, 0.717) is 12.1 Å². The Kier molecular flexibility index (Phi) is 4.84. The highest BCUT2D eigenvalue weighted by molar-refractivity contribution is 7.07. The largest absolute Gasteiger partial charge is 0.481 e. The molecule has 0 spiro atoms. The van der Waals surface area contributed by atoms with Crippen molar-refractivity contribution < 1.29 is 14.7 Å². The van der Waals surface area contributed by atoms with E-state index in [1.165, 1.54) is 11.3 Å². The predicted molar refractivity (Wildman–Crippen MR) is 69.6 cm³/mol. The Balaban J connectivity index is 2.53. The lowest BCUT2D eigenvalue weighted by Gasteiger charge is -2.23. The Labute approximate surface area is 110 Å². The SMILES string of the molecule is CC(C)(C)CC(CNC(=O)c1cscn1)C(=O)O. The normalized spacial score (nSPS) is 13.1. The van der Waals surface area contributed by atoms with Crippen LogP contribution in [-0.4, -0.2) is 28.5 Å². The molecule has 100 valence electrons. The lowest BCUT2D eigenvalue weighted by Crippen LogP contribution is -2.35. The van der Waals surface area contributed by atoms with Crippen LogP contribution in [0, 0.1) is 11.3 Å². The number of carboxylic acids is 1. The Hall–Kier alpha value is -1.43. The van der Waals surface area contributed by atoms with Gasteiger partial charge < -0.3 is 10.4 Å². The van der Waals surface area contributed by atoms with Crippen LogP contribution >= 0.6 is 11.3 Å². The third-order valence-corrected chi connectivity index (χ3v) is 2.97. The van der Waals surface area contributed by atoms with E-state index in [4.69, 9.17) is 5.11 Å². The molecule has 1 unspecified atom stereocenters. The molecule has 6 heteroatoms. The first-order valence-corrected chi connectivity index (χ1v) is 6.63. The van der Waals surface area contributed by atoms with Crippen LogP contribution in [-0.2, 0) is 4.79 Å². The molecule has 0 bridgehead atoms. The van der Waals surface area contributed by atoms with Gasteiger partial charge in [-0.2, -0.15) is 0 Å². The molecule has 1 aromatic heterocycles. The van der Waals surface area contributed by atoms with Crippen molar-refractivity contribution in [1.82, 2.24) is 10.3 Å². The number of rotatable bonds is 5. The first kappa shape index (κ1) is 14.6. The van der Waals surface area contributed by atoms with Crippen molar-refractivity contribution in [3.05, 3.63) is 16.6 Å². The zero-order valence-corrected chi connectivity index (χ0v) is 11.6. The van der Waals surface area contributed by atoms with E-state index in [1.54, 1.807) is 10.9 Å². The lowest BCUT2D eigenvalue weighted by atomic mass is 9.84. The van der Waals surface area contributed by atoms with Crippen molar-refractivity contribution in [2.24, 2.45) is 11.3 Å². The third kappa shape index (κ3) is 4.83. The maximum absolute atomic E-state index is 11.6. The van der Waals surface area contributed by atoms with Crippen molar-refractivity contribution in [3.63, 3.8) is 0 Å². The molecule has 18 heavy (non-hydrogen) atoms. The number of carboxylic acid groups (broad SMARTS) is 1. The van der Waals surface area contributed by atoms with E-state index >= 15 is 0 Å². The zero-order chi connectivity index (χ0) is 13.8. The van der Waals surface area contributed by atoms with Crippen LogP contribution < -0.4 is 5.32 Å². The van der Waals surface area contributed by atoms with Crippen LogP contribution in [0.1, 0.15) is 37.7 Å². The summed E-state index contributed by atoms with van der Waals surface area (Å²) in [6.45, 7) is 6.06. The summed E-state index contributed by atoms with van der Waals surface area (Å²) in [6.07, 6.45) is 0.514. The molecule has 1 aromatic rings. The molecule has 2 N–H and O–H groups in total. The Morgan fingerprint density at radius 1 is 1.50 bits per heavy atom. The van der Waals surface area contributed by atoms with Gasteiger partial charge in [0.05, 0.1) is 11.4 Å². The molecule has 0 aliphatic heterocycles. The van der Waals surface area contributed by atoms with Gasteiger partial charge in [0, 0.05) is 11.9 Å². The van der Waals surface area contributed by atoms with Gasteiger partial charge in [-0.1, -0.05) is 20.8 Å². The molecule has 1 rings (SSSR count). The van der Waals surface area contributed by atoms with Crippen LogP contribution in [0.3, 0.4) is 0 Å². The van der Waals surface area contributed by atoms with Crippen molar-refractivity contribution in [1.29, 1.82) is 0 Å². The zero-order valence-electron chi connectivity index (χ0n) is 10.8. The second kappa shape index (κ2) is 5.95. The van der Waals surface area contributed by atoms with E-state index in [9.17, 15) is 9.59 Å². The Bertz CT molecular complexity index is 409. The predicted octanol–water partition coefficient (Wildman–Crippen LogP) is 2.01. The van der Waals surface area contributed by atoms with Gasteiger partial charge in [-0.25, -0.2) is 4.98 Å². The molecule has 0 radical (unpaired) electrons. The fraction of sp³-hybridized carbons (Fsp3) is 0.583. The van der Waals surface area contributed by atoms with Crippen LogP contribution in [0.4, 0.5) is 0 Å². The number of hydrogen-bond acceptors (Lipinski definition) is 4. The maximum atomic E-state index is 11.6. The topological polar surface area (TPSA) is 79.3 Å². The fourth-order valence-corrected chi connectivity index (χ4v) is 2.15. The number of aliphatic carboxylic acids is 1. The molecule has 0 aliphatic rings. The number of aromatic nitrogens is 1. The molecule has 5 nitrogen and oxygen atoms in total. The van der Waals surface area contributed by atoms with E-state index in [0.717, 1.165) is 0 Å². The van der Waals surface area contributed by atoms with Crippen molar-refractivity contribution >= 4 is 23.2 Å². The van der Waals surface area contributed by atoms with Gasteiger partial charge in [-0.05, 0) is 11.8 Å². The first-order valence-electron chi connectivity index (χ1n) is 5.69. The van der Waals surface area contributed by atoms with Crippen molar-refractivity contribution in [3.8, 4) is 0 Å². The van der Waals surface area contributed by atoms with E-state index in [1.807, 2.05) is 20.8 Å². The summed E-state index contributed by atoms with van der Waals surface area (Å²) in [5, 5.41) is 13.4. The maximum Gasteiger partial charge on any atom is 0.308 e. The number of amides is 1. The molecule has 0 saturated carbocycles. The highest BCUT2D eigenvalue weighted by Gasteiger charge is 2.25. The van der Waals surface area contributed by atoms with Crippen LogP contribution in [0.5, 0.6) is 0 Å². The molecule has 1 heterocycles. The average molecular weight is 270 g/mol. The van der Waals surface area contributed by atoms with E-state index < -0.39 is 11.9 Å². The van der Waals surface area contributed by atoms with Gasteiger partial charge in [0.2, 0.25) is 0 Å². The summed E-state index contributed by atoms with van der Waals surface area (Å²) < 4.78 is 0. The van der Waals surface area contributed by atoms with Crippen LogP contribution in [0.2, 0.25) is 0 Å². The lowest BCUT2D eigenvalue weighted by molar-refractivity contribution is -0.142. The van der Waals surface area contributed by atoms with Gasteiger partial charge in [0.1, 0.15) is 5.69 Å². The summed E-state index contributed by atoms with van der Waals surface area (Å²) in [5.74, 6) is -1.78. The number of hydrogen-bond donors (Lipinski definition) is 2. The summed E-state index contributed by atoms with van der Waals surface area (Å²) in [4.78, 5) is 26.6. The number of thiazole rings is 1. The van der Waals surface area contributed by atoms with Crippen molar-refractivity contribution in [2.45, 2.75) is 27.2 Å². The van der Waals surface area contributed by atoms with Gasteiger partial charge >= 0.3 is 5.97 Å². The summed E-state index contributed by atoms with van der Waals surface area (Å²) in [6, 6.07) is 0. The molecule has 0 saturated heterocycles. The Morgan fingerprint density at radius 2 is 2.17 bits per heavy atom. The second-order valence-electron chi connectivity index (χ2n) is 5.38. The third-order valence-electron chi connectivity index (χ3n) is 2.38. The van der Waals surface area contributed by atoms with Gasteiger partial charge in [0.15, 0.2) is 0 Å². The number of carbonyl (C=O) groups excluding carboxylic acids is 1. The number of nitrogens with one attached hydrogen (secondary N) is 1. The summed E-state index contributed by atoms with van der Waals surface area (Å²) >= 11 is 1.33. The number of carbonyl (C=O) groups is 2. The minimum atomic E-state index is -0.886. The standard InChI is InChI=1S/C12H18N2O3S/c1-12(2,3)4-8(11(16)17)5-13-10(15)9-6-18-7-14-9/h6-8H,4-5H2,1-3H3,(H,13,15)(H,16,17). The monoisotopic (exact) mass is 270 g/mol. The first-order chi connectivity index (χ1) is 8.29. The molecular formula is C12H18N2O3S. The van der Waals surface area contributed by atoms with Crippen molar-refractivity contribution in [2.75, 3.05) is 6.54 Å². The van der Waals surface area contributed by atoms with Crippen LogP contribution in [0.25, 0.3) is 0 Å². The molecule has 1 atom stereocenters. The molecule has 1 amide bonds. The summed E-state index contributed by atoms with van der Waals surface area (Å²) in [7, 11) is 0. The smallest absolute Gasteiger partial charge is 0.308 e. The highest BCUT2D eigenvalue weighted by atomic mass is 32.1. The Morgan fingerprint density at radius 3 is 2.61 bits per heavy atom. The number of nitrogens with zero attached hydrogens (tertiary/aromatic N) is 1. The van der Waals surface area contributed by atoms with E-state index in [-0.39, 0.29) is 17.9 Å². The van der Waals surface area contributed by atoms with Gasteiger partial charge in [0.25, 0.3) is 5.91 Å². The minimum Gasteiger partial charge on any atom is -0.481 e. The molecule has 0 aliphatic carbocycles. The quantitative estimate of drug-likeness (QED) is 0.857. The van der Waals surface area contributed by atoms with Gasteiger partial charge in [-0.15, -0.1) is 11.3 Å². The molecule has 0 fully saturated rings. The second-order valence-corrected chi connectivity index (χ2v) is 6.10. The van der Waals surface area contributed by atoms with Crippen LogP contribution in [0.15, 0.2) is 10.9 Å². The summed E-state index contributed by atoms with van der Waals surface area (Å²) in [5.41, 5.74) is 1.81. The highest BCUT2D eigenvalue weighted by Crippen LogP contribution is 2.24. The average Bonchev–Trinajstić information content (AvgIpc) is 2.75.